The van der Waals surface area contributed by atoms with Crippen LogP contribution in [-0.2, 0) is 23.1 Å². The Bertz CT molecular complexity index is 1150. The molecule has 1 saturated heterocycles. The van der Waals surface area contributed by atoms with Gasteiger partial charge < -0.3 is 19.9 Å². The summed E-state index contributed by atoms with van der Waals surface area (Å²) < 4.78 is 7.28. The van der Waals surface area contributed by atoms with Gasteiger partial charge in [0, 0.05) is 30.7 Å². The first-order valence-electron chi connectivity index (χ1n) is 10.1. The summed E-state index contributed by atoms with van der Waals surface area (Å²) in [7, 11) is 3.51. The number of fused-ring (bicyclic) bond motifs is 1. The molecule has 0 saturated carbocycles. The van der Waals surface area contributed by atoms with Crippen molar-refractivity contribution in [3.8, 4) is 5.75 Å². The summed E-state index contributed by atoms with van der Waals surface area (Å²) >= 11 is 0. The molecule has 31 heavy (non-hydrogen) atoms. The first-order valence-corrected chi connectivity index (χ1v) is 10.1. The number of carbonyl (C=O) groups excluding carboxylic acids is 3. The molecular formula is C23H24N4O4. The second kappa shape index (κ2) is 8.51. The van der Waals surface area contributed by atoms with Crippen LogP contribution in [0.25, 0.3) is 10.9 Å². The molecule has 160 valence electrons. The van der Waals surface area contributed by atoms with Crippen LogP contribution in [0.2, 0.25) is 0 Å². The van der Waals surface area contributed by atoms with Gasteiger partial charge in [-0.15, -0.1) is 0 Å². The maximum Gasteiger partial charge on any atom is 0.324 e. The minimum atomic E-state index is -0.875. The van der Waals surface area contributed by atoms with Crippen molar-refractivity contribution in [3.05, 3.63) is 60.3 Å². The summed E-state index contributed by atoms with van der Waals surface area (Å²) in [6.45, 7) is 0.215. The van der Waals surface area contributed by atoms with Gasteiger partial charge in [0.05, 0.1) is 19.2 Å². The number of anilines is 1. The zero-order valence-corrected chi connectivity index (χ0v) is 17.4. The van der Waals surface area contributed by atoms with Crippen molar-refractivity contribution in [2.75, 3.05) is 19.0 Å². The molecule has 1 fully saturated rings. The molecule has 4 amide bonds. The molecule has 8 heteroatoms. The fraction of sp³-hybridized carbons (Fsp3) is 0.261. The fourth-order valence-corrected chi connectivity index (χ4v) is 3.87. The molecule has 1 aromatic heterocycles. The SMILES string of the molecule is COc1ccccc1CCN1C(=O)N[C@@H](CC(=O)Nc2cccc3c2ccn3C)C1=O. The Morgan fingerprint density at radius 1 is 1.13 bits per heavy atom. The Morgan fingerprint density at radius 3 is 2.74 bits per heavy atom. The van der Waals surface area contributed by atoms with E-state index < -0.39 is 18.0 Å². The van der Waals surface area contributed by atoms with E-state index in [0.717, 1.165) is 21.4 Å². The topological polar surface area (TPSA) is 92.7 Å². The van der Waals surface area contributed by atoms with Gasteiger partial charge in [-0.1, -0.05) is 24.3 Å². The lowest BCUT2D eigenvalue weighted by atomic mass is 10.1. The maximum absolute atomic E-state index is 12.7. The van der Waals surface area contributed by atoms with Crippen LogP contribution in [0.4, 0.5) is 10.5 Å². The molecule has 2 aromatic carbocycles. The molecule has 3 aromatic rings. The van der Waals surface area contributed by atoms with E-state index in [1.54, 1.807) is 7.11 Å². The molecule has 1 atom stereocenters. The van der Waals surface area contributed by atoms with Crippen LogP contribution < -0.4 is 15.4 Å². The third-order valence-electron chi connectivity index (χ3n) is 5.50. The number of nitrogens with one attached hydrogen (secondary N) is 2. The number of amides is 4. The number of benzene rings is 2. The molecule has 1 aliphatic rings. The molecule has 2 heterocycles. The van der Waals surface area contributed by atoms with Crippen molar-refractivity contribution < 1.29 is 19.1 Å². The summed E-state index contributed by atoms with van der Waals surface area (Å²) in [6.07, 6.45) is 2.26. The number of nitrogens with zero attached hydrogens (tertiary/aromatic N) is 2. The number of hydrogen-bond donors (Lipinski definition) is 2. The van der Waals surface area contributed by atoms with Gasteiger partial charge in [-0.3, -0.25) is 14.5 Å². The van der Waals surface area contributed by atoms with Crippen molar-refractivity contribution in [2.45, 2.75) is 18.9 Å². The van der Waals surface area contributed by atoms with Crippen LogP contribution >= 0.6 is 0 Å². The van der Waals surface area contributed by atoms with Gasteiger partial charge in [0.2, 0.25) is 5.91 Å². The van der Waals surface area contributed by atoms with Crippen molar-refractivity contribution in [1.29, 1.82) is 0 Å². The second-order valence-corrected chi connectivity index (χ2v) is 7.47. The third-order valence-corrected chi connectivity index (χ3v) is 5.50. The standard InChI is InChI=1S/C23H24N4O4/c1-26-12-11-16-17(7-5-8-19(16)26)24-21(28)14-18-22(29)27(23(30)25-18)13-10-15-6-3-4-9-20(15)31-2/h3-9,11-12,18H,10,13-14H2,1-2H3,(H,24,28)(H,25,30)/t18-/m0/s1. The highest BCUT2D eigenvalue weighted by Crippen LogP contribution is 2.24. The van der Waals surface area contributed by atoms with E-state index in [1.807, 2.05) is 66.3 Å². The number of urea groups is 1. The number of ether oxygens (including phenoxy) is 1. The molecular weight excluding hydrogens is 396 g/mol. The molecule has 0 radical (unpaired) electrons. The molecule has 2 N–H and O–H groups in total. The molecule has 0 unspecified atom stereocenters. The monoisotopic (exact) mass is 420 g/mol. The molecule has 4 rings (SSSR count). The average Bonchev–Trinajstić information content (AvgIpc) is 3.27. The van der Waals surface area contributed by atoms with Crippen LogP contribution in [0, 0.1) is 0 Å². The Hall–Kier alpha value is -3.81. The third kappa shape index (κ3) is 4.09. The van der Waals surface area contributed by atoms with Gasteiger partial charge in [0.1, 0.15) is 11.8 Å². The molecule has 0 bridgehead atoms. The molecule has 0 aliphatic carbocycles. The summed E-state index contributed by atoms with van der Waals surface area (Å²) in [5.41, 5.74) is 2.57. The number of aromatic nitrogens is 1. The molecule has 8 nitrogen and oxygen atoms in total. The Kier molecular flexibility index (Phi) is 5.62. The van der Waals surface area contributed by atoms with E-state index in [9.17, 15) is 14.4 Å². The van der Waals surface area contributed by atoms with E-state index >= 15 is 0 Å². The van der Waals surface area contributed by atoms with Crippen LogP contribution in [-0.4, -0.2) is 47.0 Å². The van der Waals surface area contributed by atoms with Crippen molar-refractivity contribution in [3.63, 3.8) is 0 Å². The fourth-order valence-electron chi connectivity index (χ4n) is 3.87. The van der Waals surface area contributed by atoms with Gasteiger partial charge in [-0.25, -0.2) is 4.79 Å². The summed E-state index contributed by atoms with van der Waals surface area (Å²) in [4.78, 5) is 38.8. The van der Waals surface area contributed by atoms with Crippen molar-refractivity contribution in [1.82, 2.24) is 14.8 Å². The van der Waals surface area contributed by atoms with Crippen LogP contribution in [0.1, 0.15) is 12.0 Å². The highest BCUT2D eigenvalue weighted by Gasteiger charge is 2.38. The lowest BCUT2D eigenvalue weighted by Crippen LogP contribution is -2.35. The van der Waals surface area contributed by atoms with Gasteiger partial charge in [-0.2, -0.15) is 0 Å². The van der Waals surface area contributed by atoms with Crippen molar-refractivity contribution >= 4 is 34.4 Å². The first kappa shape index (κ1) is 20.5. The predicted octanol–water partition coefficient (Wildman–Crippen LogP) is 2.68. The lowest BCUT2D eigenvalue weighted by Gasteiger charge is -2.14. The van der Waals surface area contributed by atoms with E-state index in [-0.39, 0.29) is 18.9 Å². The smallest absolute Gasteiger partial charge is 0.324 e. The number of para-hydroxylation sites is 1. The van der Waals surface area contributed by atoms with Crippen LogP contribution in [0.3, 0.4) is 0 Å². The Morgan fingerprint density at radius 2 is 1.94 bits per heavy atom. The largest absolute Gasteiger partial charge is 0.496 e. The van der Waals surface area contributed by atoms with Gasteiger partial charge in [0.25, 0.3) is 5.91 Å². The number of aryl methyl sites for hydroxylation is 1. The van der Waals surface area contributed by atoms with Gasteiger partial charge >= 0.3 is 6.03 Å². The zero-order valence-electron chi connectivity index (χ0n) is 17.4. The Labute approximate surface area is 179 Å². The number of imide groups is 1. The first-order chi connectivity index (χ1) is 15.0. The van der Waals surface area contributed by atoms with Crippen LogP contribution in [0.15, 0.2) is 54.7 Å². The average molecular weight is 420 g/mol. The van der Waals surface area contributed by atoms with Gasteiger partial charge in [-0.05, 0) is 36.2 Å². The highest BCUT2D eigenvalue weighted by molar-refractivity contribution is 6.08. The Balaban J connectivity index is 1.38. The van der Waals surface area contributed by atoms with Crippen molar-refractivity contribution in [2.24, 2.45) is 7.05 Å². The zero-order chi connectivity index (χ0) is 22.0. The number of hydrogen-bond acceptors (Lipinski definition) is 4. The predicted molar refractivity (Wildman–Crippen MR) is 117 cm³/mol. The maximum atomic E-state index is 12.7. The van der Waals surface area contributed by atoms with E-state index in [0.29, 0.717) is 17.9 Å². The summed E-state index contributed by atoms with van der Waals surface area (Å²) in [5, 5.41) is 6.39. The summed E-state index contributed by atoms with van der Waals surface area (Å²) in [5.74, 6) is -0.0184. The minimum Gasteiger partial charge on any atom is -0.496 e. The van der Waals surface area contributed by atoms with E-state index in [1.165, 1.54) is 0 Å². The number of methoxy groups -OCH3 is 1. The van der Waals surface area contributed by atoms with Crippen LogP contribution in [0.5, 0.6) is 5.75 Å². The van der Waals surface area contributed by atoms with E-state index in [4.69, 9.17) is 4.74 Å². The highest BCUT2D eigenvalue weighted by atomic mass is 16.5. The number of carbonyl (C=O) groups is 3. The second-order valence-electron chi connectivity index (χ2n) is 7.47. The molecule has 0 spiro atoms. The lowest BCUT2D eigenvalue weighted by molar-refractivity contribution is -0.129. The minimum absolute atomic E-state index is 0.126. The van der Waals surface area contributed by atoms with Gasteiger partial charge in [0.15, 0.2) is 0 Å². The quantitative estimate of drug-likeness (QED) is 0.575. The summed E-state index contributed by atoms with van der Waals surface area (Å²) in [6, 6.07) is 13.7. The molecule has 1 aliphatic heterocycles. The van der Waals surface area contributed by atoms with E-state index in [2.05, 4.69) is 10.6 Å². The number of rotatable bonds is 7. The normalized spacial score (nSPS) is 15.9.